The number of nitrogens with one attached hydrogen (secondary N) is 2. The first-order valence-corrected chi connectivity index (χ1v) is 10.4. The molecule has 0 aliphatic carbocycles. The van der Waals surface area contributed by atoms with E-state index in [1.165, 1.54) is 10.9 Å². The first-order valence-electron chi connectivity index (χ1n) is 10.4. The molecule has 2 amide bonds. The van der Waals surface area contributed by atoms with Gasteiger partial charge < -0.3 is 15.2 Å². The van der Waals surface area contributed by atoms with Gasteiger partial charge in [0.1, 0.15) is 0 Å². The Balaban J connectivity index is 1.27. The summed E-state index contributed by atoms with van der Waals surface area (Å²) in [5.41, 5.74) is 3.20. The van der Waals surface area contributed by atoms with E-state index in [1.54, 1.807) is 0 Å². The number of likely N-dealkylation sites (tertiary alicyclic amines) is 1. The topological polar surface area (TPSA) is 65.2 Å². The summed E-state index contributed by atoms with van der Waals surface area (Å²) in [4.78, 5) is 30.4. The molecule has 3 aromatic rings. The van der Waals surface area contributed by atoms with E-state index in [2.05, 4.69) is 22.4 Å². The van der Waals surface area contributed by atoms with Crippen LogP contribution in [0.4, 0.5) is 5.69 Å². The van der Waals surface area contributed by atoms with Crippen LogP contribution in [0.2, 0.25) is 0 Å². The molecule has 5 heteroatoms. The van der Waals surface area contributed by atoms with E-state index >= 15 is 0 Å². The number of hydrogen-bond donors (Lipinski definition) is 2. The zero-order valence-corrected chi connectivity index (χ0v) is 16.6. The van der Waals surface area contributed by atoms with Crippen molar-refractivity contribution in [2.75, 3.05) is 18.4 Å². The lowest BCUT2D eigenvalue weighted by Crippen LogP contribution is -2.43. The Morgan fingerprint density at radius 1 is 1.07 bits per heavy atom. The van der Waals surface area contributed by atoms with Crippen molar-refractivity contribution in [2.24, 2.45) is 5.92 Å². The van der Waals surface area contributed by atoms with Crippen LogP contribution in [0.1, 0.15) is 31.2 Å². The molecule has 5 nitrogen and oxygen atoms in total. The van der Waals surface area contributed by atoms with Gasteiger partial charge in [-0.2, -0.15) is 0 Å². The molecule has 150 valence electrons. The average Bonchev–Trinajstić information content (AvgIpc) is 3.18. The van der Waals surface area contributed by atoms with Crippen molar-refractivity contribution in [1.29, 1.82) is 0 Å². The highest BCUT2D eigenvalue weighted by molar-refractivity contribution is 5.93. The second-order valence-corrected chi connectivity index (χ2v) is 7.75. The first kappa shape index (κ1) is 19.2. The Kier molecular flexibility index (Phi) is 5.94. The predicted molar refractivity (Wildman–Crippen MR) is 116 cm³/mol. The highest BCUT2D eigenvalue weighted by Crippen LogP contribution is 2.22. The molecule has 0 spiro atoms. The first-order chi connectivity index (χ1) is 14.2. The van der Waals surface area contributed by atoms with E-state index in [9.17, 15) is 9.59 Å². The van der Waals surface area contributed by atoms with Gasteiger partial charge in [-0.25, -0.2) is 0 Å². The van der Waals surface area contributed by atoms with Gasteiger partial charge in [0.2, 0.25) is 11.8 Å². The van der Waals surface area contributed by atoms with Crippen molar-refractivity contribution >= 4 is 28.4 Å². The van der Waals surface area contributed by atoms with Crippen molar-refractivity contribution in [3.05, 3.63) is 66.4 Å². The number of anilines is 1. The summed E-state index contributed by atoms with van der Waals surface area (Å²) < 4.78 is 0. The standard InChI is InChI=1S/C24H27N3O2/c28-23(14-6-8-18-16-25-22-13-5-4-12-21(18)22)27-15-7-9-19(17-27)24(29)26-20-10-2-1-3-11-20/h1-5,10-13,16,19,25H,6-9,14-15,17H2,(H,26,29). The maximum absolute atomic E-state index is 12.7. The third-order valence-corrected chi connectivity index (χ3v) is 5.70. The van der Waals surface area contributed by atoms with E-state index in [0.717, 1.165) is 43.4 Å². The minimum Gasteiger partial charge on any atom is -0.361 e. The summed E-state index contributed by atoms with van der Waals surface area (Å²) in [7, 11) is 0. The summed E-state index contributed by atoms with van der Waals surface area (Å²) in [5.74, 6) is 0.0241. The molecule has 1 unspecified atom stereocenters. The molecular weight excluding hydrogens is 362 g/mol. The van der Waals surface area contributed by atoms with Crippen molar-refractivity contribution in [3.8, 4) is 0 Å². The third-order valence-electron chi connectivity index (χ3n) is 5.70. The van der Waals surface area contributed by atoms with E-state index in [4.69, 9.17) is 0 Å². The normalized spacial score (nSPS) is 16.7. The quantitative estimate of drug-likeness (QED) is 0.658. The number of aromatic nitrogens is 1. The number of carbonyl (C=O) groups is 2. The molecule has 1 atom stereocenters. The fourth-order valence-corrected chi connectivity index (χ4v) is 4.11. The number of aryl methyl sites for hydroxylation is 1. The Labute approximate surface area is 171 Å². The number of rotatable bonds is 6. The van der Waals surface area contributed by atoms with E-state index in [1.807, 2.05) is 53.6 Å². The second-order valence-electron chi connectivity index (χ2n) is 7.75. The summed E-state index contributed by atoms with van der Waals surface area (Å²) in [6.07, 6.45) is 5.96. The number of nitrogens with zero attached hydrogens (tertiary/aromatic N) is 1. The number of aromatic amines is 1. The van der Waals surface area contributed by atoms with Crippen LogP contribution < -0.4 is 5.32 Å². The van der Waals surface area contributed by atoms with Gasteiger partial charge >= 0.3 is 0 Å². The fourth-order valence-electron chi connectivity index (χ4n) is 4.11. The van der Waals surface area contributed by atoms with Crippen LogP contribution in [0.3, 0.4) is 0 Å². The van der Waals surface area contributed by atoms with Gasteiger partial charge in [0, 0.05) is 42.3 Å². The lowest BCUT2D eigenvalue weighted by atomic mass is 9.96. The zero-order valence-electron chi connectivity index (χ0n) is 16.6. The number of H-pyrrole nitrogens is 1. The van der Waals surface area contributed by atoms with Gasteiger partial charge in [-0.3, -0.25) is 9.59 Å². The van der Waals surface area contributed by atoms with Crippen LogP contribution in [0.15, 0.2) is 60.8 Å². The van der Waals surface area contributed by atoms with Crippen LogP contribution in [0.5, 0.6) is 0 Å². The molecule has 0 radical (unpaired) electrons. The largest absolute Gasteiger partial charge is 0.361 e. The Hall–Kier alpha value is -3.08. The highest BCUT2D eigenvalue weighted by atomic mass is 16.2. The fraction of sp³-hybridized carbons (Fsp3) is 0.333. The van der Waals surface area contributed by atoms with Gasteiger partial charge in [-0.15, -0.1) is 0 Å². The molecule has 0 saturated carbocycles. The van der Waals surface area contributed by atoms with Gasteiger partial charge in [0.05, 0.1) is 5.92 Å². The SMILES string of the molecule is O=C(Nc1ccccc1)C1CCCN(C(=O)CCCc2c[nH]c3ccccc23)C1. The van der Waals surface area contributed by atoms with E-state index in [0.29, 0.717) is 13.0 Å². The molecular formula is C24H27N3O2. The third kappa shape index (κ3) is 4.67. The summed E-state index contributed by atoms with van der Waals surface area (Å²) >= 11 is 0. The summed E-state index contributed by atoms with van der Waals surface area (Å²) in [5, 5.41) is 4.20. The predicted octanol–water partition coefficient (Wildman–Crippen LogP) is 4.37. The highest BCUT2D eigenvalue weighted by Gasteiger charge is 2.28. The van der Waals surface area contributed by atoms with Gasteiger partial charge in [-0.05, 0) is 49.4 Å². The Morgan fingerprint density at radius 2 is 1.86 bits per heavy atom. The summed E-state index contributed by atoms with van der Waals surface area (Å²) in [6.45, 7) is 1.27. The second kappa shape index (κ2) is 8.95. The zero-order chi connectivity index (χ0) is 20.1. The molecule has 1 aromatic heterocycles. The molecule has 4 rings (SSSR count). The number of piperidine rings is 1. The van der Waals surface area contributed by atoms with Crippen LogP contribution in [-0.2, 0) is 16.0 Å². The number of fused-ring (bicyclic) bond motifs is 1. The molecule has 29 heavy (non-hydrogen) atoms. The number of hydrogen-bond acceptors (Lipinski definition) is 2. The van der Waals surface area contributed by atoms with Crippen molar-refractivity contribution in [2.45, 2.75) is 32.1 Å². The minimum absolute atomic E-state index is 0.00694. The van der Waals surface area contributed by atoms with Crippen LogP contribution in [-0.4, -0.2) is 34.8 Å². The molecule has 2 heterocycles. The minimum atomic E-state index is -0.137. The molecule has 2 N–H and O–H groups in total. The maximum atomic E-state index is 12.7. The molecule has 1 aliphatic rings. The Bertz CT molecular complexity index is 980. The van der Waals surface area contributed by atoms with Gasteiger partial charge in [0.15, 0.2) is 0 Å². The van der Waals surface area contributed by atoms with Crippen molar-refractivity contribution < 1.29 is 9.59 Å². The monoisotopic (exact) mass is 389 g/mol. The lowest BCUT2D eigenvalue weighted by molar-refractivity contribution is -0.134. The molecule has 0 bridgehead atoms. The number of para-hydroxylation sites is 2. The Morgan fingerprint density at radius 3 is 2.72 bits per heavy atom. The molecule has 1 fully saturated rings. The van der Waals surface area contributed by atoms with Crippen molar-refractivity contribution in [1.82, 2.24) is 9.88 Å². The van der Waals surface area contributed by atoms with Crippen LogP contribution >= 0.6 is 0 Å². The molecule has 2 aromatic carbocycles. The molecule has 1 saturated heterocycles. The van der Waals surface area contributed by atoms with Gasteiger partial charge in [0.25, 0.3) is 0 Å². The van der Waals surface area contributed by atoms with E-state index in [-0.39, 0.29) is 17.7 Å². The van der Waals surface area contributed by atoms with Crippen LogP contribution in [0.25, 0.3) is 10.9 Å². The maximum Gasteiger partial charge on any atom is 0.229 e. The smallest absolute Gasteiger partial charge is 0.229 e. The number of amides is 2. The van der Waals surface area contributed by atoms with E-state index < -0.39 is 0 Å². The lowest BCUT2D eigenvalue weighted by Gasteiger charge is -2.32. The summed E-state index contributed by atoms with van der Waals surface area (Å²) in [6, 6.07) is 17.7. The van der Waals surface area contributed by atoms with Gasteiger partial charge in [-0.1, -0.05) is 36.4 Å². The number of benzene rings is 2. The average molecular weight is 389 g/mol. The van der Waals surface area contributed by atoms with Crippen molar-refractivity contribution in [3.63, 3.8) is 0 Å². The molecule has 1 aliphatic heterocycles. The van der Waals surface area contributed by atoms with Crippen LogP contribution in [0, 0.1) is 5.92 Å². The number of carbonyl (C=O) groups excluding carboxylic acids is 2.